The molecule has 0 aliphatic carbocycles. The van der Waals surface area contributed by atoms with E-state index in [1.165, 1.54) is 0 Å². The Bertz CT molecular complexity index is 645. The topological polar surface area (TPSA) is 86.2 Å². The molecule has 21 heavy (non-hydrogen) atoms. The zero-order valence-electron chi connectivity index (χ0n) is 11.9. The van der Waals surface area contributed by atoms with E-state index in [0.29, 0.717) is 5.56 Å². The number of hydrogen-bond donors (Lipinski definition) is 2. The molecule has 0 aliphatic heterocycles. The van der Waals surface area contributed by atoms with Crippen molar-refractivity contribution >= 4 is 11.7 Å². The van der Waals surface area contributed by atoms with Gasteiger partial charge in [-0.1, -0.05) is 48.5 Å². The second-order valence-corrected chi connectivity index (χ2v) is 5.03. The van der Waals surface area contributed by atoms with Crippen LogP contribution in [0.1, 0.15) is 35.3 Å². The van der Waals surface area contributed by atoms with Crippen molar-refractivity contribution in [2.24, 2.45) is 11.5 Å². The van der Waals surface area contributed by atoms with Crippen molar-refractivity contribution in [3.63, 3.8) is 0 Å². The number of hydrogen-bond acceptors (Lipinski definition) is 3. The molecule has 1 unspecified atom stereocenters. The van der Waals surface area contributed by atoms with Crippen molar-refractivity contribution in [3.8, 4) is 11.1 Å². The summed E-state index contributed by atoms with van der Waals surface area (Å²) < 4.78 is 0. The van der Waals surface area contributed by atoms with Crippen LogP contribution in [0, 0.1) is 0 Å². The summed E-state index contributed by atoms with van der Waals surface area (Å²) in [5.74, 6) is -0.360. The first-order valence-electron chi connectivity index (χ1n) is 6.72. The van der Waals surface area contributed by atoms with E-state index in [1.54, 1.807) is 6.92 Å². The van der Waals surface area contributed by atoms with Crippen LogP contribution < -0.4 is 11.5 Å². The summed E-state index contributed by atoms with van der Waals surface area (Å²) in [7, 11) is 0. The molecular formula is C17H18N2O2. The lowest BCUT2D eigenvalue weighted by molar-refractivity contribution is -0.118. The highest BCUT2D eigenvalue weighted by Crippen LogP contribution is 2.23. The molecule has 108 valence electrons. The lowest BCUT2D eigenvalue weighted by Gasteiger charge is -2.11. The number of amides is 1. The predicted octanol–water partition coefficient (Wildman–Crippen LogP) is 2.43. The molecule has 4 heteroatoms. The standard InChI is InChI=1S/C17H18N2O2/c1-11(20)12-2-4-13(5-3-12)14-6-8-15(9-7-14)16(18)10-17(19)21/h2-9,16H,10,18H2,1H3,(H2,19,21). The maximum atomic E-state index is 11.2. The number of nitrogens with two attached hydrogens (primary N) is 2. The van der Waals surface area contributed by atoms with Gasteiger partial charge in [-0.25, -0.2) is 0 Å². The van der Waals surface area contributed by atoms with Crippen LogP contribution in [0.5, 0.6) is 0 Å². The number of carbonyl (C=O) groups is 2. The van der Waals surface area contributed by atoms with Crippen molar-refractivity contribution in [2.75, 3.05) is 0 Å². The van der Waals surface area contributed by atoms with Gasteiger partial charge in [-0.05, 0) is 23.6 Å². The van der Waals surface area contributed by atoms with E-state index in [9.17, 15) is 9.59 Å². The van der Waals surface area contributed by atoms with Gasteiger partial charge in [0.05, 0.1) is 0 Å². The van der Waals surface area contributed by atoms with Crippen molar-refractivity contribution in [1.82, 2.24) is 0 Å². The maximum absolute atomic E-state index is 11.2. The Labute approximate surface area is 123 Å². The molecule has 0 heterocycles. The van der Waals surface area contributed by atoms with Crippen LogP contribution in [0.3, 0.4) is 0 Å². The average molecular weight is 282 g/mol. The number of benzene rings is 2. The molecule has 1 amide bonds. The fourth-order valence-electron chi connectivity index (χ4n) is 2.15. The van der Waals surface area contributed by atoms with Gasteiger partial charge in [-0.15, -0.1) is 0 Å². The number of rotatable bonds is 5. The third-order valence-corrected chi connectivity index (χ3v) is 3.38. The van der Waals surface area contributed by atoms with Gasteiger partial charge in [0.2, 0.25) is 5.91 Å². The third kappa shape index (κ3) is 3.77. The molecule has 4 nitrogen and oxygen atoms in total. The molecule has 0 aliphatic rings. The van der Waals surface area contributed by atoms with Gasteiger partial charge in [0.25, 0.3) is 0 Å². The summed E-state index contributed by atoms with van der Waals surface area (Å²) in [5.41, 5.74) is 14.7. The van der Waals surface area contributed by atoms with Crippen LogP contribution in [0.4, 0.5) is 0 Å². The lowest BCUT2D eigenvalue weighted by Crippen LogP contribution is -2.20. The molecule has 2 aromatic carbocycles. The summed E-state index contributed by atoms with van der Waals surface area (Å²) in [6.07, 6.45) is 0.132. The first-order chi connectivity index (χ1) is 9.97. The Morgan fingerprint density at radius 1 is 0.952 bits per heavy atom. The largest absolute Gasteiger partial charge is 0.370 e. The minimum atomic E-state index is -0.411. The molecule has 0 saturated carbocycles. The molecule has 0 saturated heterocycles. The maximum Gasteiger partial charge on any atom is 0.219 e. The van der Waals surface area contributed by atoms with Crippen LogP contribution in [0.2, 0.25) is 0 Å². The molecule has 0 radical (unpaired) electrons. The van der Waals surface area contributed by atoms with Crippen molar-refractivity contribution < 1.29 is 9.59 Å². The van der Waals surface area contributed by atoms with Gasteiger partial charge in [0.1, 0.15) is 0 Å². The number of Topliss-reactive ketones (excluding diaryl/α,β-unsaturated/α-hetero) is 1. The fourth-order valence-corrected chi connectivity index (χ4v) is 2.15. The van der Waals surface area contributed by atoms with E-state index < -0.39 is 5.91 Å². The second kappa shape index (κ2) is 6.33. The smallest absolute Gasteiger partial charge is 0.219 e. The zero-order valence-corrected chi connectivity index (χ0v) is 11.9. The van der Waals surface area contributed by atoms with Gasteiger partial charge < -0.3 is 11.5 Å². The van der Waals surface area contributed by atoms with Gasteiger partial charge >= 0.3 is 0 Å². The Morgan fingerprint density at radius 2 is 1.43 bits per heavy atom. The second-order valence-electron chi connectivity index (χ2n) is 5.03. The highest BCUT2D eigenvalue weighted by molar-refractivity contribution is 5.94. The van der Waals surface area contributed by atoms with Gasteiger partial charge in [-0.2, -0.15) is 0 Å². The predicted molar refractivity (Wildman–Crippen MR) is 82.6 cm³/mol. The van der Waals surface area contributed by atoms with Crippen LogP contribution in [-0.2, 0) is 4.79 Å². The molecule has 2 aromatic rings. The molecule has 0 aromatic heterocycles. The molecular weight excluding hydrogens is 264 g/mol. The number of ketones is 1. The minimum absolute atomic E-state index is 0.0503. The van der Waals surface area contributed by atoms with E-state index >= 15 is 0 Å². The third-order valence-electron chi connectivity index (χ3n) is 3.38. The summed E-state index contributed by atoms with van der Waals surface area (Å²) in [6, 6.07) is 14.7. The van der Waals surface area contributed by atoms with Crippen molar-refractivity contribution in [2.45, 2.75) is 19.4 Å². The number of primary amides is 1. The SMILES string of the molecule is CC(=O)c1ccc(-c2ccc(C(N)CC(N)=O)cc2)cc1. The van der Waals surface area contributed by atoms with Crippen molar-refractivity contribution in [1.29, 1.82) is 0 Å². The van der Waals surface area contributed by atoms with E-state index in [1.807, 2.05) is 48.5 Å². The van der Waals surface area contributed by atoms with E-state index in [-0.39, 0.29) is 18.2 Å². The van der Waals surface area contributed by atoms with E-state index in [0.717, 1.165) is 16.7 Å². The number of carbonyl (C=O) groups excluding carboxylic acids is 2. The Hall–Kier alpha value is -2.46. The zero-order chi connectivity index (χ0) is 15.4. The van der Waals surface area contributed by atoms with Crippen LogP contribution in [0.15, 0.2) is 48.5 Å². The van der Waals surface area contributed by atoms with Crippen molar-refractivity contribution in [3.05, 3.63) is 59.7 Å². The Kier molecular flexibility index (Phi) is 4.50. The quantitative estimate of drug-likeness (QED) is 0.826. The fraction of sp³-hybridized carbons (Fsp3) is 0.176. The van der Waals surface area contributed by atoms with Crippen LogP contribution in [-0.4, -0.2) is 11.7 Å². The first-order valence-corrected chi connectivity index (χ1v) is 6.72. The van der Waals surface area contributed by atoms with Gasteiger partial charge in [0, 0.05) is 18.0 Å². The molecule has 0 spiro atoms. The normalized spacial score (nSPS) is 11.9. The lowest BCUT2D eigenvalue weighted by atomic mass is 9.98. The highest BCUT2D eigenvalue weighted by Gasteiger charge is 2.09. The summed E-state index contributed by atoms with van der Waals surface area (Å²) >= 11 is 0. The molecule has 1 atom stereocenters. The summed E-state index contributed by atoms with van der Waals surface area (Å²) in [4.78, 5) is 22.1. The average Bonchev–Trinajstić information content (AvgIpc) is 2.47. The van der Waals surface area contributed by atoms with Crippen LogP contribution in [0.25, 0.3) is 11.1 Å². The Morgan fingerprint density at radius 3 is 1.86 bits per heavy atom. The van der Waals surface area contributed by atoms with Gasteiger partial charge in [0.15, 0.2) is 5.78 Å². The molecule has 0 bridgehead atoms. The molecule has 4 N–H and O–H groups in total. The first kappa shape index (κ1) is 14.9. The minimum Gasteiger partial charge on any atom is -0.370 e. The summed E-state index contributed by atoms with van der Waals surface area (Å²) in [6.45, 7) is 1.55. The van der Waals surface area contributed by atoms with Gasteiger partial charge in [-0.3, -0.25) is 9.59 Å². The molecule has 0 fully saturated rings. The highest BCUT2D eigenvalue weighted by atomic mass is 16.1. The van der Waals surface area contributed by atoms with Crippen LogP contribution >= 0.6 is 0 Å². The van der Waals surface area contributed by atoms with E-state index in [4.69, 9.17) is 11.5 Å². The molecule has 2 rings (SSSR count). The van der Waals surface area contributed by atoms with E-state index in [2.05, 4.69) is 0 Å². The monoisotopic (exact) mass is 282 g/mol. The summed E-state index contributed by atoms with van der Waals surface area (Å²) in [5, 5.41) is 0. The Balaban J connectivity index is 2.18.